The van der Waals surface area contributed by atoms with Crippen LogP contribution in [0.3, 0.4) is 0 Å². The minimum Gasteiger partial charge on any atom is -0.352 e. The number of hydrogen-bond donors (Lipinski definition) is 2. The number of benzene rings is 1. The van der Waals surface area contributed by atoms with E-state index in [4.69, 9.17) is 0 Å². The lowest BCUT2D eigenvalue weighted by molar-refractivity contribution is -0.143. The lowest BCUT2D eigenvalue weighted by Gasteiger charge is -2.14. The van der Waals surface area contributed by atoms with Crippen molar-refractivity contribution in [3.8, 4) is 5.69 Å². The fourth-order valence-electron chi connectivity index (χ4n) is 2.63. The van der Waals surface area contributed by atoms with Gasteiger partial charge in [-0.15, -0.1) is 0 Å². The molecular formula is C18H14F6N6O. The van der Waals surface area contributed by atoms with Gasteiger partial charge in [-0.05, 0) is 24.3 Å². The monoisotopic (exact) mass is 444 g/mol. The molecule has 0 bridgehead atoms. The standard InChI is InChI=1S/C18H14F6N6O/c19-17(20,21)11-3-1-4-12(9-11)30-14(18(22,23)24)13(10-29-30)15(31)25-7-8-28-16-26-5-2-6-27-16/h1-6,9-10H,7-8H2,(H,25,31)(H,26,27,28). The van der Waals surface area contributed by atoms with Crippen LogP contribution in [0.2, 0.25) is 0 Å². The van der Waals surface area contributed by atoms with E-state index in [2.05, 4.69) is 25.7 Å². The van der Waals surface area contributed by atoms with Gasteiger partial charge in [0.1, 0.15) is 0 Å². The van der Waals surface area contributed by atoms with E-state index in [0.29, 0.717) is 12.3 Å². The summed E-state index contributed by atoms with van der Waals surface area (Å²) in [5, 5.41) is 8.56. The van der Waals surface area contributed by atoms with Gasteiger partial charge in [0.15, 0.2) is 5.69 Å². The summed E-state index contributed by atoms with van der Waals surface area (Å²) in [4.78, 5) is 20.1. The van der Waals surface area contributed by atoms with Crippen LogP contribution < -0.4 is 10.6 Å². The van der Waals surface area contributed by atoms with E-state index < -0.39 is 40.8 Å². The Labute approximate surface area is 171 Å². The molecule has 3 aromatic rings. The summed E-state index contributed by atoms with van der Waals surface area (Å²) in [7, 11) is 0. The highest BCUT2D eigenvalue weighted by molar-refractivity contribution is 5.95. The molecule has 7 nitrogen and oxygen atoms in total. The zero-order valence-corrected chi connectivity index (χ0v) is 15.5. The molecule has 1 aromatic carbocycles. The number of alkyl halides is 6. The number of nitrogens with zero attached hydrogens (tertiary/aromatic N) is 4. The average molecular weight is 444 g/mol. The molecule has 3 rings (SSSR count). The number of amides is 1. The van der Waals surface area contributed by atoms with Gasteiger partial charge in [-0.25, -0.2) is 14.6 Å². The first-order chi connectivity index (χ1) is 14.6. The van der Waals surface area contributed by atoms with E-state index in [-0.39, 0.29) is 23.7 Å². The third-order valence-electron chi connectivity index (χ3n) is 3.96. The van der Waals surface area contributed by atoms with Crippen molar-refractivity contribution in [1.29, 1.82) is 0 Å². The van der Waals surface area contributed by atoms with Crippen molar-refractivity contribution in [2.75, 3.05) is 18.4 Å². The van der Waals surface area contributed by atoms with E-state index in [1.165, 1.54) is 12.4 Å². The summed E-state index contributed by atoms with van der Waals surface area (Å²) in [6, 6.07) is 4.82. The fourth-order valence-corrected chi connectivity index (χ4v) is 2.63. The van der Waals surface area contributed by atoms with Crippen LogP contribution in [0.25, 0.3) is 5.69 Å². The summed E-state index contributed by atoms with van der Waals surface area (Å²) < 4.78 is 79.9. The van der Waals surface area contributed by atoms with E-state index in [9.17, 15) is 31.1 Å². The van der Waals surface area contributed by atoms with Gasteiger partial charge in [-0.2, -0.15) is 31.4 Å². The Balaban J connectivity index is 1.80. The molecule has 0 aliphatic rings. The molecule has 2 aromatic heterocycles. The Bertz CT molecular complexity index is 1050. The number of anilines is 1. The van der Waals surface area contributed by atoms with Crippen LogP contribution in [-0.4, -0.2) is 38.7 Å². The molecule has 0 aliphatic heterocycles. The van der Waals surface area contributed by atoms with Crippen molar-refractivity contribution in [2.24, 2.45) is 0 Å². The van der Waals surface area contributed by atoms with Gasteiger partial charge < -0.3 is 10.6 Å². The van der Waals surface area contributed by atoms with Crippen LogP contribution in [0.5, 0.6) is 0 Å². The maximum absolute atomic E-state index is 13.6. The second kappa shape index (κ2) is 8.62. The van der Waals surface area contributed by atoms with Gasteiger partial charge in [0.05, 0.1) is 23.0 Å². The Morgan fingerprint density at radius 1 is 0.968 bits per heavy atom. The predicted molar refractivity (Wildman–Crippen MR) is 96.4 cm³/mol. The van der Waals surface area contributed by atoms with Crippen LogP contribution in [-0.2, 0) is 12.4 Å². The summed E-state index contributed by atoms with van der Waals surface area (Å²) in [5.74, 6) is -0.813. The molecule has 0 spiro atoms. The van der Waals surface area contributed by atoms with Gasteiger partial charge in [0.25, 0.3) is 5.91 Å². The molecule has 0 atom stereocenters. The number of nitrogens with one attached hydrogen (secondary N) is 2. The molecule has 0 saturated heterocycles. The molecule has 0 fully saturated rings. The van der Waals surface area contributed by atoms with Crippen LogP contribution in [0.4, 0.5) is 32.3 Å². The first-order valence-electron chi connectivity index (χ1n) is 8.69. The Morgan fingerprint density at radius 2 is 1.68 bits per heavy atom. The van der Waals surface area contributed by atoms with Crippen molar-refractivity contribution in [3.05, 3.63) is 65.7 Å². The maximum atomic E-state index is 13.6. The molecule has 31 heavy (non-hydrogen) atoms. The third kappa shape index (κ3) is 5.29. The number of aromatic nitrogens is 4. The molecule has 2 N–H and O–H groups in total. The molecule has 0 saturated carbocycles. The number of hydrogen-bond acceptors (Lipinski definition) is 5. The highest BCUT2D eigenvalue weighted by Crippen LogP contribution is 2.35. The highest BCUT2D eigenvalue weighted by Gasteiger charge is 2.41. The third-order valence-corrected chi connectivity index (χ3v) is 3.96. The lowest BCUT2D eigenvalue weighted by atomic mass is 10.1. The first kappa shape index (κ1) is 22.1. The van der Waals surface area contributed by atoms with Gasteiger partial charge in [-0.3, -0.25) is 4.79 Å². The average Bonchev–Trinajstić information content (AvgIpc) is 3.17. The van der Waals surface area contributed by atoms with Gasteiger partial charge in [0, 0.05) is 25.5 Å². The van der Waals surface area contributed by atoms with E-state index in [1.807, 2.05) is 0 Å². The molecule has 0 aliphatic carbocycles. The van der Waals surface area contributed by atoms with E-state index in [1.54, 1.807) is 6.07 Å². The van der Waals surface area contributed by atoms with E-state index in [0.717, 1.165) is 18.2 Å². The highest BCUT2D eigenvalue weighted by atomic mass is 19.4. The summed E-state index contributed by atoms with van der Waals surface area (Å²) >= 11 is 0. The quantitative estimate of drug-likeness (QED) is 0.449. The number of carbonyl (C=O) groups is 1. The molecule has 13 heteroatoms. The van der Waals surface area contributed by atoms with Crippen LogP contribution in [0.1, 0.15) is 21.6 Å². The van der Waals surface area contributed by atoms with Crippen LogP contribution >= 0.6 is 0 Å². The summed E-state index contributed by atoms with van der Waals surface area (Å²) in [6.07, 6.45) is -6.19. The Kier molecular flexibility index (Phi) is 6.13. The molecule has 0 radical (unpaired) electrons. The largest absolute Gasteiger partial charge is 0.434 e. The molecular weight excluding hydrogens is 430 g/mol. The number of halogens is 6. The van der Waals surface area contributed by atoms with Crippen molar-refractivity contribution in [1.82, 2.24) is 25.1 Å². The predicted octanol–water partition coefficient (Wildman–Crippen LogP) is 3.54. The smallest absolute Gasteiger partial charge is 0.352 e. The minimum atomic E-state index is -5.05. The summed E-state index contributed by atoms with van der Waals surface area (Å²) in [6.45, 7) is 0.0575. The topological polar surface area (TPSA) is 84.7 Å². The van der Waals surface area contributed by atoms with Gasteiger partial charge in [0.2, 0.25) is 5.95 Å². The molecule has 164 valence electrons. The zero-order valence-electron chi connectivity index (χ0n) is 15.5. The van der Waals surface area contributed by atoms with E-state index >= 15 is 0 Å². The Hall–Kier alpha value is -3.64. The number of rotatable bonds is 6. The first-order valence-corrected chi connectivity index (χ1v) is 8.69. The second-order valence-corrected chi connectivity index (χ2v) is 6.12. The van der Waals surface area contributed by atoms with Crippen molar-refractivity contribution in [3.63, 3.8) is 0 Å². The van der Waals surface area contributed by atoms with Gasteiger partial charge in [-0.1, -0.05) is 6.07 Å². The van der Waals surface area contributed by atoms with Crippen molar-refractivity contribution >= 4 is 11.9 Å². The normalized spacial score (nSPS) is 11.9. The summed E-state index contributed by atoms with van der Waals surface area (Å²) in [5.41, 5.74) is -3.93. The molecule has 0 unspecified atom stereocenters. The maximum Gasteiger partial charge on any atom is 0.434 e. The number of carbonyl (C=O) groups excluding carboxylic acids is 1. The van der Waals surface area contributed by atoms with Crippen LogP contribution in [0.15, 0.2) is 48.9 Å². The fraction of sp³-hybridized carbons (Fsp3) is 0.222. The SMILES string of the molecule is O=C(NCCNc1ncccn1)c1cnn(-c2cccc(C(F)(F)F)c2)c1C(F)(F)F. The second-order valence-electron chi connectivity index (χ2n) is 6.12. The lowest BCUT2D eigenvalue weighted by Crippen LogP contribution is -2.30. The minimum absolute atomic E-state index is 0.0663. The zero-order chi connectivity index (χ0) is 22.6. The molecule has 2 heterocycles. The van der Waals surface area contributed by atoms with Gasteiger partial charge >= 0.3 is 12.4 Å². The van der Waals surface area contributed by atoms with Crippen molar-refractivity contribution in [2.45, 2.75) is 12.4 Å². The van der Waals surface area contributed by atoms with Crippen molar-refractivity contribution < 1.29 is 31.1 Å². The molecule has 1 amide bonds. The van der Waals surface area contributed by atoms with Crippen LogP contribution in [0, 0.1) is 0 Å². The Morgan fingerprint density at radius 3 is 2.32 bits per heavy atom.